The minimum absolute atomic E-state index is 0.149. The van der Waals surface area contributed by atoms with E-state index in [9.17, 15) is 4.79 Å². The molecule has 0 aromatic heterocycles. The highest BCUT2D eigenvalue weighted by Gasteiger charge is 2.34. The second-order valence-electron chi connectivity index (χ2n) is 3.51. The van der Waals surface area contributed by atoms with Gasteiger partial charge in [0.25, 0.3) is 0 Å². The number of ketones is 1. The summed E-state index contributed by atoms with van der Waals surface area (Å²) < 4.78 is 0. The summed E-state index contributed by atoms with van der Waals surface area (Å²) in [6.07, 6.45) is 1.37. The molecule has 1 aliphatic rings. The van der Waals surface area contributed by atoms with Gasteiger partial charge < -0.3 is 5.32 Å². The Morgan fingerprint density at radius 1 is 1.67 bits per heavy atom. The molecule has 0 aromatic carbocycles. The lowest BCUT2D eigenvalue weighted by Gasteiger charge is -2.18. The normalized spacial score (nSPS) is 27.8. The van der Waals surface area contributed by atoms with E-state index >= 15 is 0 Å². The third kappa shape index (κ3) is 1.86. The van der Waals surface area contributed by atoms with E-state index in [1.165, 1.54) is 0 Å². The van der Waals surface area contributed by atoms with Gasteiger partial charge in [-0.1, -0.05) is 12.8 Å². The molecule has 2 nitrogen and oxygen atoms in total. The summed E-state index contributed by atoms with van der Waals surface area (Å²) in [6, 6.07) is 0. The van der Waals surface area contributed by atoms with E-state index in [4.69, 9.17) is 0 Å². The number of hydrogen-bond acceptors (Lipinski definition) is 2. The fourth-order valence-electron chi connectivity index (χ4n) is 1.44. The first-order valence-electron chi connectivity index (χ1n) is 4.33. The largest absolute Gasteiger partial charge is 0.316 e. The highest BCUT2D eigenvalue weighted by atomic mass is 16.1. The van der Waals surface area contributed by atoms with Crippen molar-refractivity contribution in [3.63, 3.8) is 0 Å². The van der Waals surface area contributed by atoms with Gasteiger partial charge in [0.05, 0.1) is 6.42 Å². The summed E-state index contributed by atoms with van der Waals surface area (Å²) in [5, 5.41) is 3.20. The number of rotatable bonds is 2. The summed E-state index contributed by atoms with van der Waals surface area (Å²) in [6.45, 7) is 5.56. The van der Waals surface area contributed by atoms with Gasteiger partial charge in [-0.2, -0.15) is 0 Å². The van der Waals surface area contributed by atoms with E-state index in [2.05, 4.69) is 17.2 Å². The molecule has 1 aliphatic heterocycles. The Labute approximate surface area is 73.7 Å². The molecule has 66 valence electrons. The lowest BCUT2D eigenvalue weighted by Crippen LogP contribution is -2.29. The molecule has 2 heteroatoms. The van der Waals surface area contributed by atoms with Crippen LogP contribution in [0.25, 0.3) is 0 Å². The number of nitrogens with one attached hydrogen (secondary N) is 1. The van der Waals surface area contributed by atoms with E-state index in [-0.39, 0.29) is 11.2 Å². The maximum absolute atomic E-state index is 11.6. The van der Waals surface area contributed by atoms with Crippen molar-refractivity contribution in [2.75, 3.05) is 13.1 Å². The Morgan fingerprint density at radius 3 is 2.92 bits per heavy atom. The molecule has 0 radical (unpaired) electrons. The monoisotopic (exact) mass is 165 g/mol. The van der Waals surface area contributed by atoms with Crippen LogP contribution in [0, 0.1) is 17.3 Å². The van der Waals surface area contributed by atoms with Crippen LogP contribution in [0.3, 0.4) is 0 Å². The molecule has 1 unspecified atom stereocenters. The average Bonchev–Trinajstić information content (AvgIpc) is 2.49. The van der Waals surface area contributed by atoms with Crippen molar-refractivity contribution in [2.45, 2.75) is 26.7 Å². The summed E-state index contributed by atoms with van der Waals surface area (Å²) in [5.74, 6) is 5.85. The molecule has 1 saturated heterocycles. The van der Waals surface area contributed by atoms with E-state index in [0.717, 1.165) is 19.5 Å². The molecular weight excluding hydrogens is 150 g/mol. The quantitative estimate of drug-likeness (QED) is 0.618. The standard InChI is InChI=1S/C10H15NO/c1-3-4-5-9(12)10(2)6-7-11-8-10/h11H,5-8H2,1-2H3. The Morgan fingerprint density at radius 2 is 2.42 bits per heavy atom. The first-order valence-corrected chi connectivity index (χ1v) is 4.33. The van der Waals surface area contributed by atoms with Crippen molar-refractivity contribution in [3.05, 3.63) is 0 Å². The summed E-state index contributed by atoms with van der Waals surface area (Å²) in [5.41, 5.74) is -0.149. The number of carbonyl (C=O) groups is 1. The van der Waals surface area contributed by atoms with E-state index in [1.807, 2.05) is 6.92 Å². The molecule has 0 saturated carbocycles. The van der Waals surface area contributed by atoms with Crippen molar-refractivity contribution in [3.8, 4) is 11.8 Å². The predicted octanol–water partition coefficient (Wildman–Crippen LogP) is 0.968. The molecule has 0 spiro atoms. The zero-order chi connectivity index (χ0) is 9.03. The Hall–Kier alpha value is -0.810. The number of hydrogen-bond donors (Lipinski definition) is 1. The molecule has 0 aromatic rings. The minimum atomic E-state index is -0.149. The molecule has 1 heterocycles. The predicted molar refractivity (Wildman–Crippen MR) is 48.7 cm³/mol. The lowest BCUT2D eigenvalue weighted by molar-refractivity contribution is -0.125. The second kappa shape index (κ2) is 3.73. The van der Waals surface area contributed by atoms with Gasteiger partial charge in [-0.3, -0.25) is 4.79 Å². The summed E-state index contributed by atoms with van der Waals surface area (Å²) in [4.78, 5) is 11.6. The van der Waals surface area contributed by atoms with Gasteiger partial charge in [0.2, 0.25) is 0 Å². The SMILES string of the molecule is CC#CCC(=O)C1(C)CCNC1. The average molecular weight is 165 g/mol. The number of carbonyl (C=O) groups excluding carboxylic acids is 1. The Balaban J connectivity index is 2.53. The molecule has 1 N–H and O–H groups in total. The fourth-order valence-corrected chi connectivity index (χ4v) is 1.44. The third-order valence-corrected chi connectivity index (χ3v) is 2.47. The van der Waals surface area contributed by atoms with Crippen LogP contribution < -0.4 is 5.32 Å². The molecular formula is C10H15NO. The van der Waals surface area contributed by atoms with Crippen LogP contribution in [-0.4, -0.2) is 18.9 Å². The van der Waals surface area contributed by atoms with Gasteiger partial charge in [-0.25, -0.2) is 0 Å². The molecule has 1 fully saturated rings. The topological polar surface area (TPSA) is 29.1 Å². The van der Waals surface area contributed by atoms with E-state index in [1.54, 1.807) is 6.92 Å². The van der Waals surface area contributed by atoms with Gasteiger partial charge in [0.15, 0.2) is 5.78 Å². The molecule has 0 amide bonds. The Kier molecular flexibility index (Phi) is 2.88. The van der Waals surface area contributed by atoms with Crippen LogP contribution >= 0.6 is 0 Å². The van der Waals surface area contributed by atoms with Crippen molar-refractivity contribution < 1.29 is 4.79 Å². The van der Waals surface area contributed by atoms with Gasteiger partial charge in [-0.05, 0) is 19.9 Å². The zero-order valence-corrected chi connectivity index (χ0v) is 7.74. The van der Waals surface area contributed by atoms with Crippen molar-refractivity contribution in [1.29, 1.82) is 0 Å². The van der Waals surface area contributed by atoms with Crippen molar-refractivity contribution in [2.24, 2.45) is 5.41 Å². The van der Waals surface area contributed by atoms with Crippen LogP contribution in [0.5, 0.6) is 0 Å². The minimum Gasteiger partial charge on any atom is -0.316 e. The first-order chi connectivity index (χ1) is 5.69. The number of Topliss-reactive ketones (excluding diaryl/α,β-unsaturated/α-hetero) is 1. The van der Waals surface area contributed by atoms with Crippen LogP contribution in [0.4, 0.5) is 0 Å². The highest BCUT2D eigenvalue weighted by Crippen LogP contribution is 2.26. The maximum Gasteiger partial charge on any atom is 0.151 e. The van der Waals surface area contributed by atoms with Crippen LogP contribution in [-0.2, 0) is 4.79 Å². The lowest BCUT2D eigenvalue weighted by atomic mass is 9.83. The molecule has 12 heavy (non-hydrogen) atoms. The van der Waals surface area contributed by atoms with Gasteiger partial charge in [-0.15, -0.1) is 5.92 Å². The molecule has 1 atom stereocenters. The van der Waals surface area contributed by atoms with Gasteiger partial charge in [0.1, 0.15) is 0 Å². The highest BCUT2D eigenvalue weighted by molar-refractivity contribution is 5.87. The van der Waals surface area contributed by atoms with Crippen LogP contribution in [0.2, 0.25) is 0 Å². The summed E-state index contributed by atoms with van der Waals surface area (Å²) in [7, 11) is 0. The molecule has 0 aliphatic carbocycles. The summed E-state index contributed by atoms with van der Waals surface area (Å²) >= 11 is 0. The van der Waals surface area contributed by atoms with E-state index < -0.39 is 0 Å². The zero-order valence-electron chi connectivity index (χ0n) is 7.74. The molecule has 0 bridgehead atoms. The van der Waals surface area contributed by atoms with Crippen molar-refractivity contribution in [1.82, 2.24) is 5.32 Å². The van der Waals surface area contributed by atoms with Crippen LogP contribution in [0.15, 0.2) is 0 Å². The van der Waals surface area contributed by atoms with Crippen molar-refractivity contribution >= 4 is 5.78 Å². The van der Waals surface area contributed by atoms with E-state index in [0.29, 0.717) is 6.42 Å². The van der Waals surface area contributed by atoms with Crippen LogP contribution in [0.1, 0.15) is 26.7 Å². The first kappa shape index (κ1) is 9.28. The third-order valence-electron chi connectivity index (χ3n) is 2.47. The second-order valence-corrected chi connectivity index (χ2v) is 3.51. The fraction of sp³-hybridized carbons (Fsp3) is 0.700. The smallest absolute Gasteiger partial charge is 0.151 e. The van der Waals surface area contributed by atoms with Gasteiger partial charge >= 0.3 is 0 Å². The van der Waals surface area contributed by atoms with Gasteiger partial charge in [0, 0.05) is 12.0 Å². The Bertz CT molecular complexity index is 228. The maximum atomic E-state index is 11.6. The molecule has 1 rings (SSSR count).